The van der Waals surface area contributed by atoms with E-state index in [1.807, 2.05) is 54.7 Å². The van der Waals surface area contributed by atoms with E-state index in [0.717, 1.165) is 58.0 Å². The Kier molecular flexibility index (Phi) is 8.56. The van der Waals surface area contributed by atoms with Crippen molar-refractivity contribution >= 4 is 22.0 Å². The van der Waals surface area contributed by atoms with E-state index in [1.54, 1.807) is 6.07 Å². The van der Waals surface area contributed by atoms with Crippen LogP contribution in [0, 0.1) is 5.82 Å². The molecule has 0 fully saturated rings. The van der Waals surface area contributed by atoms with Gasteiger partial charge in [-0.1, -0.05) is 83.9 Å². The van der Waals surface area contributed by atoms with Crippen LogP contribution in [0.25, 0.3) is 17.5 Å². The third-order valence-electron chi connectivity index (χ3n) is 6.56. The van der Waals surface area contributed by atoms with Gasteiger partial charge in [-0.25, -0.2) is 9.37 Å². The quantitative estimate of drug-likeness (QED) is 0.184. The molecule has 1 aromatic heterocycles. The fraction of sp³-hybridized carbons (Fsp3) is 0.258. The van der Waals surface area contributed by atoms with Crippen molar-refractivity contribution in [2.75, 3.05) is 13.3 Å². The lowest BCUT2D eigenvalue weighted by Crippen LogP contribution is -2.24. The average Bonchev–Trinajstić information content (AvgIpc) is 3.55. The molecule has 0 aliphatic carbocycles. The molecule has 38 heavy (non-hydrogen) atoms. The summed E-state index contributed by atoms with van der Waals surface area (Å²) in [7, 11) is 0. The van der Waals surface area contributed by atoms with Crippen molar-refractivity contribution in [3.63, 3.8) is 0 Å². The number of halogens is 2. The summed E-state index contributed by atoms with van der Waals surface area (Å²) in [6.45, 7) is 5.41. The van der Waals surface area contributed by atoms with Gasteiger partial charge in [-0.15, -0.1) is 0 Å². The van der Waals surface area contributed by atoms with Crippen LogP contribution in [0.1, 0.15) is 36.6 Å². The minimum absolute atomic E-state index is 0.247. The summed E-state index contributed by atoms with van der Waals surface area (Å²) in [6.07, 6.45) is 8.04. The Morgan fingerprint density at radius 1 is 1.03 bits per heavy atom. The first kappa shape index (κ1) is 26.2. The number of imidazole rings is 1. The van der Waals surface area contributed by atoms with Gasteiger partial charge in [-0.3, -0.25) is 4.90 Å². The minimum atomic E-state index is -0.247. The van der Waals surface area contributed by atoms with Crippen LogP contribution < -0.4 is 9.47 Å². The molecule has 196 valence electrons. The highest BCUT2D eigenvalue weighted by Gasteiger charge is 2.17. The summed E-state index contributed by atoms with van der Waals surface area (Å²) in [5.74, 6) is 2.29. The molecule has 2 heterocycles. The molecule has 0 saturated heterocycles. The molecule has 0 unspecified atom stereocenters. The molecule has 7 heteroatoms. The molecule has 0 amide bonds. The van der Waals surface area contributed by atoms with Gasteiger partial charge in [0.25, 0.3) is 0 Å². The van der Waals surface area contributed by atoms with Crippen LogP contribution in [0.2, 0.25) is 0 Å². The predicted octanol–water partition coefficient (Wildman–Crippen LogP) is 7.70. The number of ether oxygens (including phenoxy) is 2. The second-order valence-electron chi connectivity index (χ2n) is 9.37. The lowest BCUT2D eigenvalue weighted by molar-refractivity contribution is 0.174. The highest BCUT2D eigenvalue weighted by atomic mass is 79.9. The molecule has 1 aliphatic rings. The summed E-state index contributed by atoms with van der Waals surface area (Å²) < 4.78 is 28.6. The van der Waals surface area contributed by atoms with Crippen molar-refractivity contribution in [1.82, 2.24) is 14.5 Å². The van der Waals surface area contributed by atoms with Gasteiger partial charge in [0.05, 0.1) is 11.9 Å². The van der Waals surface area contributed by atoms with Gasteiger partial charge in [0.15, 0.2) is 11.5 Å². The highest BCUT2D eigenvalue weighted by molar-refractivity contribution is 9.10. The molecule has 1 aliphatic heterocycles. The van der Waals surface area contributed by atoms with E-state index in [1.165, 1.54) is 6.07 Å². The van der Waals surface area contributed by atoms with Crippen LogP contribution in [-0.4, -0.2) is 27.8 Å². The SMILES string of the molecule is CCCCn1c(CN(C/C=C\c2ccc(Br)cc2F)Cc2ccc3c(c2)OCO3)cnc1-c1ccccc1. The van der Waals surface area contributed by atoms with E-state index in [2.05, 4.69) is 50.5 Å². The Labute approximate surface area is 231 Å². The third kappa shape index (κ3) is 6.34. The van der Waals surface area contributed by atoms with Crippen molar-refractivity contribution in [3.8, 4) is 22.9 Å². The van der Waals surface area contributed by atoms with Gasteiger partial charge in [0.2, 0.25) is 6.79 Å². The summed E-state index contributed by atoms with van der Waals surface area (Å²) in [6, 6.07) is 21.5. The van der Waals surface area contributed by atoms with Crippen LogP contribution in [0.15, 0.2) is 83.5 Å². The second kappa shape index (κ2) is 12.4. The van der Waals surface area contributed by atoms with Gasteiger partial charge >= 0.3 is 0 Å². The number of fused-ring (bicyclic) bond motifs is 1. The molecular formula is C31H31BrFN3O2. The van der Waals surface area contributed by atoms with Crippen LogP contribution in [-0.2, 0) is 19.6 Å². The van der Waals surface area contributed by atoms with Crippen molar-refractivity contribution in [2.45, 2.75) is 39.4 Å². The molecule has 5 nitrogen and oxygen atoms in total. The Balaban J connectivity index is 1.41. The number of hydrogen-bond donors (Lipinski definition) is 0. The second-order valence-corrected chi connectivity index (χ2v) is 10.3. The molecule has 0 atom stereocenters. The standard InChI is InChI=1S/C31H31BrFN3O2/c1-2-3-16-36-27(19-34-31(36)25-8-5-4-6-9-25)21-35(15-7-10-24-12-13-26(32)18-28(24)33)20-23-11-14-29-30(17-23)38-22-37-29/h4-14,17-19H,2-3,15-16,20-22H2,1H3/b10-7-. The van der Waals surface area contributed by atoms with Crippen LogP contribution in [0.4, 0.5) is 4.39 Å². The van der Waals surface area contributed by atoms with E-state index in [9.17, 15) is 4.39 Å². The van der Waals surface area contributed by atoms with E-state index >= 15 is 0 Å². The van der Waals surface area contributed by atoms with Crippen molar-refractivity contribution in [2.24, 2.45) is 0 Å². The van der Waals surface area contributed by atoms with E-state index in [0.29, 0.717) is 25.2 Å². The maximum absolute atomic E-state index is 14.4. The molecule has 4 aromatic rings. The van der Waals surface area contributed by atoms with Gasteiger partial charge in [-0.2, -0.15) is 0 Å². The van der Waals surface area contributed by atoms with E-state index in [4.69, 9.17) is 14.5 Å². The number of unbranched alkanes of at least 4 members (excludes halogenated alkanes) is 1. The number of aromatic nitrogens is 2. The number of hydrogen-bond acceptors (Lipinski definition) is 4. The van der Waals surface area contributed by atoms with Crippen molar-refractivity contribution in [3.05, 3.63) is 106 Å². The highest BCUT2D eigenvalue weighted by Crippen LogP contribution is 2.33. The summed E-state index contributed by atoms with van der Waals surface area (Å²) in [5.41, 5.74) is 3.96. The van der Waals surface area contributed by atoms with E-state index < -0.39 is 0 Å². The van der Waals surface area contributed by atoms with Crippen molar-refractivity contribution in [1.29, 1.82) is 0 Å². The fourth-order valence-corrected chi connectivity index (χ4v) is 4.93. The molecule has 0 saturated carbocycles. The Morgan fingerprint density at radius 2 is 1.87 bits per heavy atom. The molecule has 0 bridgehead atoms. The van der Waals surface area contributed by atoms with Crippen LogP contribution in [0.5, 0.6) is 11.5 Å². The molecule has 0 N–H and O–H groups in total. The molecule has 0 spiro atoms. The number of nitrogens with zero attached hydrogens (tertiary/aromatic N) is 3. The van der Waals surface area contributed by atoms with Gasteiger partial charge in [-0.05, 0) is 36.2 Å². The largest absolute Gasteiger partial charge is 0.454 e. The summed E-state index contributed by atoms with van der Waals surface area (Å²) in [5, 5.41) is 0. The van der Waals surface area contributed by atoms with Gasteiger partial charge < -0.3 is 14.0 Å². The Bertz CT molecular complexity index is 1400. The zero-order valence-corrected chi connectivity index (χ0v) is 23.0. The zero-order chi connectivity index (χ0) is 26.3. The Hall–Kier alpha value is -3.42. The monoisotopic (exact) mass is 575 g/mol. The number of rotatable bonds is 11. The van der Waals surface area contributed by atoms with Gasteiger partial charge in [0, 0.05) is 41.8 Å². The first-order valence-electron chi connectivity index (χ1n) is 12.9. The lowest BCUT2D eigenvalue weighted by atomic mass is 10.1. The third-order valence-corrected chi connectivity index (χ3v) is 7.05. The van der Waals surface area contributed by atoms with Gasteiger partial charge in [0.1, 0.15) is 11.6 Å². The predicted molar refractivity (Wildman–Crippen MR) is 152 cm³/mol. The summed E-state index contributed by atoms with van der Waals surface area (Å²) >= 11 is 3.33. The fourth-order valence-electron chi connectivity index (χ4n) is 4.60. The lowest BCUT2D eigenvalue weighted by Gasteiger charge is -2.22. The maximum atomic E-state index is 14.4. The number of benzene rings is 3. The average molecular weight is 577 g/mol. The molecular weight excluding hydrogens is 545 g/mol. The first-order chi connectivity index (χ1) is 18.6. The van der Waals surface area contributed by atoms with Crippen LogP contribution >= 0.6 is 15.9 Å². The Morgan fingerprint density at radius 3 is 2.68 bits per heavy atom. The molecule has 5 rings (SSSR count). The normalized spacial score (nSPS) is 12.6. The summed E-state index contributed by atoms with van der Waals surface area (Å²) in [4.78, 5) is 7.15. The molecule has 3 aromatic carbocycles. The minimum Gasteiger partial charge on any atom is -0.454 e. The zero-order valence-electron chi connectivity index (χ0n) is 21.4. The maximum Gasteiger partial charge on any atom is 0.231 e. The van der Waals surface area contributed by atoms with E-state index in [-0.39, 0.29) is 12.6 Å². The first-order valence-corrected chi connectivity index (χ1v) is 13.7. The van der Waals surface area contributed by atoms with Crippen LogP contribution in [0.3, 0.4) is 0 Å². The van der Waals surface area contributed by atoms with Crippen molar-refractivity contribution < 1.29 is 13.9 Å². The molecule has 0 radical (unpaired) electrons. The topological polar surface area (TPSA) is 39.5 Å². The smallest absolute Gasteiger partial charge is 0.231 e.